The van der Waals surface area contributed by atoms with Gasteiger partial charge in [-0.2, -0.15) is 27.6 Å². The number of nitrogens with one attached hydrogen (secondary N) is 1. The molecule has 38 heavy (non-hydrogen) atoms. The Morgan fingerprint density at radius 3 is 2.42 bits per heavy atom. The first-order chi connectivity index (χ1) is 18.1. The molecule has 1 atom stereocenters. The second-order valence-corrected chi connectivity index (χ2v) is 11.2. The Kier molecular flexibility index (Phi) is 7.29. The van der Waals surface area contributed by atoms with Crippen molar-refractivity contribution in [1.29, 1.82) is 0 Å². The number of ether oxygens (including phenoxy) is 2. The molecule has 204 valence electrons. The predicted molar refractivity (Wildman–Crippen MR) is 131 cm³/mol. The summed E-state index contributed by atoms with van der Waals surface area (Å²) in [5, 5.41) is 7.16. The topological polar surface area (TPSA) is 111 Å². The highest BCUT2D eigenvalue weighted by molar-refractivity contribution is 7.89. The summed E-state index contributed by atoms with van der Waals surface area (Å²) >= 11 is 0. The van der Waals surface area contributed by atoms with E-state index >= 15 is 0 Å². The van der Waals surface area contributed by atoms with Gasteiger partial charge >= 0.3 is 6.18 Å². The third-order valence-corrected chi connectivity index (χ3v) is 8.46. The van der Waals surface area contributed by atoms with Crippen molar-refractivity contribution in [3.05, 3.63) is 48.4 Å². The first-order valence-electron chi connectivity index (χ1n) is 12.1. The smallest absolute Gasteiger partial charge is 0.423 e. The zero-order valence-corrected chi connectivity index (χ0v) is 21.4. The minimum absolute atomic E-state index is 0.000729. The van der Waals surface area contributed by atoms with Crippen molar-refractivity contribution in [2.75, 3.05) is 31.6 Å². The Hall–Kier alpha value is -3.23. The number of benzene rings is 1. The molecule has 0 spiro atoms. The van der Waals surface area contributed by atoms with Crippen LogP contribution in [-0.2, 0) is 28.0 Å². The van der Waals surface area contributed by atoms with E-state index < -0.39 is 33.7 Å². The highest BCUT2D eigenvalue weighted by Gasteiger charge is 2.38. The Balaban J connectivity index is 1.22. The molecular weight excluding hydrogens is 525 g/mol. The molecule has 0 aliphatic carbocycles. The molecule has 14 heteroatoms. The van der Waals surface area contributed by atoms with Crippen LogP contribution in [0, 0.1) is 0 Å². The number of aryl methyl sites for hydroxylation is 1. The monoisotopic (exact) mass is 552 g/mol. The Bertz CT molecular complexity index is 1370. The summed E-state index contributed by atoms with van der Waals surface area (Å²) < 4.78 is 80.4. The number of hydrogen-bond donors (Lipinski definition) is 1. The number of rotatable bonds is 7. The van der Waals surface area contributed by atoms with Gasteiger partial charge in [0.25, 0.3) is 0 Å². The number of sulfonamides is 1. The minimum atomic E-state index is -4.66. The van der Waals surface area contributed by atoms with E-state index in [1.54, 1.807) is 35.1 Å². The fraction of sp³-hybridized carbons (Fsp3) is 0.458. The first-order valence-corrected chi connectivity index (χ1v) is 13.6. The molecule has 2 aromatic heterocycles. The fourth-order valence-electron chi connectivity index (χ4n) is 4.45. The highest BCUT2D eigenvalue weighted by atomic mass is 32.2. The number of piperidine rings is 1. The largest absolute Gasteiger partial charge is 0.471 e. The quantitative estimate of drug-likeness (QED) is 0.475. The van der Waals surface area contributed by atoms with Gasteiger partial charge in [-0.05, 0) is 30.5 Å². The van der Waals surface area contributed by atoms with Crippen LogP contribution < -0.4 is 10.1 Å². The molecule has 2 fully saturated rings. The van der Waals surface area contributed by atoms with E-state index in [4.69, 9.17) is 9.47 Å². The van der Waals surface area contributed by atoms with Crippen molar-refractivity contribution in [3.8, 4) is 17.0 Å². The average molecular weight is 553 g/mol. The number of alkyl halides is 3. The van der Waals surface area contributed by atoms with Gasteiger partial charge in [0.2, 0.25) is 21.9 Å². The summed E-state index contributed by atoms with van der Waals surface area (Å²) in [5.74, 6) is -0.542. The Labute approximate surface area is 217 Å². The van der Waals surface area contributed by atoms with Crippen molar-refractivity contribution < 1.29 is 31.1 Å². The van der Waals surface area contributed by atoms with Crippen LogP contribution in [0.5, 0.6) is 5.88 Å². The standard InChI is InChI=1S/C24H27F3N6O4S/c1-32-14-17(12-29-32)16-2-4-20(5-3-16)38(34,35)33-9-6-18(7-10-33)30-23-28-13-21(24(25,26)27)22(31-23)37-19-8-11-36-15-19/h2-5,12-14,18-19H,6-11,15H2,1H3,(H,28,30,31)/t19-/m0/s1. The number of hydrogen-bond acceptors (Lipinski definition) is 8. The van der Waals surface area contributed by atoms with E-state index in [9.17, 15) is 21.6 Å². The molecule has 1 aromatic carbocycles. The fourth-order valence-corrected chi connectivity index (χ4v) is 5.92. The van der Waals surface area contributed by atoms with Crippen LogP contribution in [0.3, 0.4) is 0 Å². The molecule has 0 amide bonds. The lowest BCUT2D eigenvalue weighted by Crippen LogP contribution is -2.42. The summed E-state index contributed by atoms with van der Waals surface area (Å²) in [6, 6.07) is 6.44. The lowest BCUT2D eigenvalue weighted by molar-refractivity contribution is -0.139. The van der Waals surface area contributed by atoms with E-state index in [1.165, 1.54) is 4.31 Å². The molecule has 0 bridgehead atoms. The van der Waals surface area contributed by atoms with Crippen molar-refractivity contribution in [1.82, 2.24) is 24.1 Å². The van der Waals surface area contributed by atoms with Crippen molar-refractivity contribution in [2.24, 2.45) is 7.05 Å². The van der Waals surface area contributed by atoms with E-state index in [1.807, 2.05) is 13.2 Å². The summed E-state index contributed by atoms with van der Waals surface area (Å²) in [6.45, 7) is 1.10. The van der Waals surface area contributed by atoms with Crippen molar-refractivity contribution >= 4 is 16.0 Å². The van der Waals surface area contributed by atoms with Crippen LogP contribution in [-0.4, -0.2) is 70.9 Å². The summed E-state index contributed by atoms with van der Waals surface area (Å²) in [5.41, 5.74) is 0.699. The average Bonchev–Trinajstić information content (AvgIpc) is 3.56. The summed E-state index contributed by atoms with van der Waals surface area (Å²) in [4.78, 5) is 8.02. The maximum absolute atomic E-state index is 13.4. The molecule has 2 aliphatic rings. The van der Waals surface area contributed by atoms with Crippen LogP contribution in [0.2, 0.25) is 0 Å². The second-order valence-electron chi connectivity index (χ2n) is 9.26. The number of aromatic nitrogens is 4. The van der Waals surface area contributed by atoms with Crippen molar-refractivity contribution in [2.45, 2.75) is 42.5 Å². The van der Waals surface area contributed by atoms with E-state index in [0.29, 0.717) is 32.1 Å². The normalized spacial score (nSPS) is 19.5. The first kappa shape index (κ1) is 26.4. The van der Waals surface area contributed by atoms with Crippen LogP contribution >= 0.6 is 0 Å². The van der Waals surface area contributed by atoms with Crippen LogP contribution in [0.25, 0.3) is 11.1 Å². The van der Waals surface area contributed by atoms with E-state index in [0.717, 1.165) is 11.1 Å². The second kappa shape index (κ2) is 10.5. The van der Waals surface area contributed by atoms with Crippen molar-refractivity contribution in [3.63, 3.8) is 0 Å². The number of halogens is 3. The summed E-state index contributed by atoms with van der Waals surface area (Å²) in [7, 11) is -1.89. The molecule has 1 N–H and O–H groups in total. The van der Waals surface area contributed by atoms with Gasteiger partial charge in [-0.3, -0.25) is 4.68 Å². The van der Waals surface area contributed by atoms with Crippen LogP contribution in [0.15, 0.2) is 47.8 Å². The maximum atomic E-state index is 13.4. The van der Waals surface area contributed by atoms with Gasteiger partial charge in [-0.1, -0.05) is 12.1 Å². The number of anilines is 1. The number of nitrogens with zero attached hydrogens (tertiary/aromatic N) is 5. The molecule has 2 aliphatic heterocycles. The molecule has 0 saturated carbocycles. The lowest BCUT2D eigenvalue weighted by Gasteiger charge is -2.31. The van der Waals surface area contributed by atoms with Gasteiger partial charge in [-0.15, -0.1) is 0 Å². The van der Waals surface area contributed by atoms with Gasteiger partial charge < -0.3 is 14.8 Å². The third-order valence-electron chi connectivity index (χ3n) is 6.54. The van der Waals surface area contributed by atoms with Gasteiger partial charge in [0, 0.05) is 50.6 Å². The molecule has 2 saturated heterocycles. The molecule has 3 aromatic rings. The van der Waals surface area contributed by atoms with Crippen LogP contribution in [0.1, 0.15) is 24.8 Å². The zero-order valence-electron chi connectivity index (χ0n) is 20.6. The lowest BCUT2D eigenvalue weighted by atomic mass is 10.1. The molecular formula is C24H27F3N6O4S. The minimum Gasteiger partial charge on any atom is -0.471 e. The zero-order chi connectivity index (χ0) is 26.9. The predicted octanol–water partition coefficient (Wildman–Crippen LogP) is 3.33. The Morgan fingerprint density at radius 2 is 1.82 bits per heavy atom. The molecule has 0 unspecified atom stereocenters. The maximum Gasteiger partial charge on any atom is 0.423 e. The summed E-state index contributed by atoms with van der Waals surface area (Å²) in [6.07, 6.45) is 0.431. The van der Waals surface area contributed by atoms with Gasteiger partial charge in [-0.25, -0.2) is 13.4 Å². The molecule has 0 radical (unpaired) electrons. The molecule has 5 rings (SSSR count). The SMILES string of the molecule is Cn1cc(-c2ccc(S(=O)(=O)N3CCC(Nc4ncc(C(F)(F)F)c(O[C@H]5CCOC5)n4)CC3)cc2)cn1. The van der Waals surface area contributed by atoms with Crippen LogP contribution in [0.4, 0.5) is 19.1 Å². The van der Waals surface area contributed by atoms with E-state index in [2.05, 4.69) is 20.4 Å². The molecule has 4 heterocycles. The van der Waals surface area contributed by atoms with E-state index in [-0.39, 0.29) is 36.6 Å². The third kappa shape index (κ3) is 5.76. The highest BCUT2D eigenvalue weighted by Crippen LogP contribution is 2.36. The Morgan fingerprint density at radius 1 is 1.08 bits per heavy atom. The van der Waals surface area contributed by atoms with Gasteiger partial charge in [0.15, 0.2) is 0 Å². The molecule has 10 nitrogen and oxygen atoms in total. The van der Waals surface area contributed by atoms with Gasteiger partial charge in [0.1, 0.15) is 11.7 Å². The van der Waals surface area contributed by atoms with Gasteiger partial charge in [0.05, 0.1) is 24.3 Å².